The first-order valence-corrected chi connectivity index (χ1v) is 6.92. The van der Waals surface area contributed by atoms with Gasteiger partial charge in [0.15, 0.2) is 0 Å². The van der Waals surface area contributed by atoms with Crippen LogP contribution < -0.4 is 5.32 Å². The molecule has 1 aromatic carbocycles. The molecule has 3 nitrogen and oxygen atoms in total. The first-order chi connectivity index (χ1) is 9.58. The van der Waals surface area contributed by atoms with Gasteiger partial charge >= 0.3 is 0 Å². The summed E-state index contributed by atoms with van der Waals surface area (Å²) in [6.07, 6.45) is 5.00. The van der Waals surface area contributed by atoms with Crippen molar-refractivity contribution in [3.63, 3.8) is 0 Å². The molecular formula is C16H20FNO2. The van der Waals surface area contributed by atoms with Crippen LogP contribution in [0.3, 0.4) is 0 Å². The van der Waals surface area contributed by atoms with Gasteiger partial charge in [-0.25, -0.2) is 4.39 Å². The summed E-state index contributed by atoms with van der Waals surface area (Å²) in [6.45, 7) is 2.07. The Labute approximate surface area is 118 Å². The Morgan fingerprint density at radius 1 is 1.40 bits per heavy atom. The van der Waals surface area contributed by atoms with Crippen molar-refractivity contribution < 1.29 is 14.3 Å². The maximum atomic E-state index is 12.8. The van der Waals surface area contributed by atoms with Gasteiger partial charge in [0.25, 0.3) is 0 Å². The second kappa shape index (κ2) is 6.66. The zero-order valence-electron chi connectivity index (χ0n) is 11.6. The second-order valence-corrected chi connectivity index (χ2v) is 5.39. The number of rotatable bonds is 5. The molecule has 20 heavy (non-hydrogen) atoms. The van der Waals surface area contributed by atoms with Crippen LogP contribution >= 0.6 is 0 Å². The Morgan fingerprint density at radius 3 is 2.70 bits per heavy atom. The molecule has 0 saturated carbocycles. The van der Waals surface area contributed by atoms with Crippen LogP contribution in [-0.2, 0) is 4.79 Å². The Bertz CT molecular complexity index is 484. The summed E-state index contributed by atoms with van der Waals surface area (Å²) in [4.78, 5) is 12.0. The van der Waals surface area contributed by atoms with E-state index in [9.17, 15) is 9.18 Å². The molecule has 0 aliphatic heterocycles. The van der Waals surface area contributed by atoms with Gasteiger partial charge in [-0.15, -0.1) is 0 Å². The first kappa shape index (κ1) is 14.7. The van der Waals surface area contributed by atoms with Crippen molar-refractivity contribution >= 4 is 5.91 Å². The molecule has 1 aromatic rings. The number of hydrogen-bond acceptors (Lipinski definition) is 2. The van der Waals surface area contributed by atoms with Crippen molar-refractivity contribution in [2.75, 3.05) is 6.61 Å². The Hall–Kier alpha value is -1.68. The van der Waals surface area contributed by atoms with Crippen molar-refractivity contribution in [3.05, 3.63) is 47.8 Å². The summed E-state index contributed by atoms with van der Waals surface area (Å²) in [7, 11) is 0. The lowest BCUT2D eigenvalue weighted by Gasteiger charge is -2.16. The van der Waals surface area contributed by atoms with E-state index in [2.05, 4.69) is 5.32 Å². The smallest absolute Gasteiger partial charge is 0.221 e. The third-order valence-corrected chi connectivity index (χ3v) is 3.68. The number of hydrogen-bond donors (Lipinski definition) is 2. The van der Waals surface area contributed by atoms with E-state index in [1.807, 2.05) is 19.1 Å². The van der Waals surface area contributed by atoms with E-state index in [0.717, 1.165) is 12.0 Å². The highest BCUT2D eigenvalue weighted by molar-refractivity contribution is 5.77. The summed E-state index contributed by atoms with van der Waals surface area (Å²) in [5.41, 5.74) is 0.955. The summed E-state index contributed by atoms with van der Waals surface area (Å²) in [5.74, 6) is -0.0870. The number of halogens is 1. The molecular weight excluding hydrogens is 257 g/mol. The SMILES string of the molecule is CC(CC(=O)N[C@@H]1C=C[C@H](CO)C1)c1ccc(F)cc1. The molecule has 108 valence electrons. The third-order valence-electron chi connectivity index (χ3n) is 3.68. The first-order valence-electron chi connectivity index (χ1n) is 6.92. The fourth-order valence-electron chi connectivity index (χ4n) is 2.47. The van der Waals surface area contributed by atoms with E-state index in [-0.39, 0.29) is 36.2 Å². The number of benzene rings is 1. The monoisotopic (exact) mass is 277 g/mol. The zero-order chi connectivity index (χ0) is 14.5. The molecule has 3 atom stereocenters. The maximum Gasteiger partial charge on any atom is 0.221 e. The molecule has 0 fully saturated rings. The summed E-state index contributed by atoms with van der Waals surface area (Å²) in [5, 5.41) is 12.0. The van der Waals surface area contributed by atoms with Gasteiger partial charge in [-0.05, 0) is 30.0 Å². The fourth-order valence-corrected chi connectivity index (χ4v) is 2.47. The lowest BCUT2D eigenvalue weighted by Crippen LogP contribution is -2.33. The van der Waals surface area contributed by atoms with E-state index in [1.165, 1.54) is 12.1 Å². The van der Waals surface area contributed by atoms with Crippen LogP contribution in [-0.4, -0.2) is 23.7 Å². The quantitative estimate of drug-likeness (QED) is 0.812. The Kier molecular flexibility index (Phi) is 4.90. The fraction of sp³-hybridized carbons (Fsp3) is 0.438. The Balaban J connectivity index is 1.82. The predicted octanol–water partition coefficient (Wildman–Crippen LogP) is 2.37. The maximum absolute atomic E-state index is 12.8. The van der Waals surface area contributed by atoms with Gasteiger partial charge in [0.05, 0.1) is 0 Å². The van der Waals surface area contributed by atoms with Crippen LogP contribution in [0.4, 0.5) is 4.39 Å². The molecule has 0 bridgehead atoms. The zero-order valence-corrected chi connectivity index (χ0v) is 11.6. The van der Waals surface area contributed by atoms with Crippen molar-refractivity contribution in [1.82, 2.24) is 5.32 Å². The largest absolute Gasteiger partial charge is 0.396 e. The van der Waals surface area contributed by atoms with Gasteiger partial charge < -0.3 is 10.4 Å². The number of aliphatic hydroxyl groups excluding tert-OH is 1. The van der Waals surface area contributed by atoms with Crippen LogP contribution in [0.15, 0.2) is 36.4 Å². The molecule has 1 unspecified atom stereocenters. The van der Waals surface area contributed by atoms with Gasteiger partial charge in [-0.2, -0.15) is 0 Å². The molecule has 0 heterocycles. The molecule has 0 saturated heterocycles. The topological polar surface area (TPSA) is 49.3 Å². The molecule has 2 rings (SSSR count). The Morgan fingerprint density at radius 2 is 2.10 bits per heavy atom. The summed E-state index contributed by atoms with van der Waals surface area (Å²) < 4.78 is 12.8. The highest BCUT2D eigenvalue weighted by Crippen LogP contribution is 2.21. The van der Waals surface area contributed by atoms with Crippen molar-refractivity contribution in [2.24, 2.45) is 5.92 Å². The number of carbonyl (C=O) groups excluding carboxylic acids is 1. The number of nitrogens with one attached hydrogen (secondary N) is 1. The van der Waals surface area contributed by atoms with E-state index in [0.29, 0.717) is 6.42 Å². The summed E-state index contributed by atoms with van der Waals surface area (Å²) >= 11 is 0. The normalized spacial score (nSPS) is 22.8. The van der Waals surface area contributed by atoms with Gasteiger partial charge in [0, 0.05) is 25.0 Å². The predicted molar refractivity (Wildman–Crippen MR) is 75.7 cm³/mol. The van der Waals surface area contributed by atoms with Crippen LogP contribution in [0.1, 0.15) is 31.2 Å². The molecule has 0 spiro atoms. The number of amides is 1. The second-order valence-electron chi connectivity index (χ2n) is 5.39. The molecule has 1 aliphatic carbocycles. The van der Waals surface area contributed by atoms with E-state index >= 15 is 0 Å². The minimum absolute atomic E-state index is 0.0140. The molecule has 2 N–H and O–H groups in total. The lowest BCUT2D eigenvalue weighted by molar-refractivity contribution is -0.121. The highest BCUT2D eigenvalue weighted by Gasteiger charge is 2.20. The van der Waals surface area contributed by atoms with Gasteiger partial charge in [0.1, 0.15) is 5.82 Å². The van der Waals surface area contributed by atoms with Gasteiger partial charge in [-0.3, -0.25) is 4.79 Å². The minimum atomic E-state index is -0.267. The van der Waals surface area contributed by atoms with Crippen molar-refractivity contribution in [1.29, 1.82) is 0 Å². The average molecular weight is 277 g/mol. The van der Waals surface area contributed by atoms with Crippen LogP contribution in [0, 0.1) is 11.7 Å². The van der Waals surface area contributed by atoms with Crippen molar-refractivity contribution in [3.8, 4) is 0 Å². The average Bonchev–Trinajstić information content (AvgIpc) is 2.86. The minimum Gasteiger partial charge on any atom is -0.396 e. The van der Waals surface area contributed by atoms with E-state index in [1.54, 1.807) is 12.1 Å². The number of aliphatic hydroxyl groups is 1. The van der Waals surface area contributed by atoms with E-state index < -0.39 is 0 Å². The van der Waals surface area contributed by atoms with E-state index in [4.69, 9.17) is 5.11 Å². The number of carbonyl (C=O) groups is 1. The lowest BCUT2D eigenvalue weighted by atomic mass is 9.97. The molecule has 0 radical (unpaired) electrons. The van der Waals surface area contributed by atoms with Gasteiger partial charge in [0.2, 0.25) is 5.91 Å². The van der Waals surface area contributed by atoms with Crippen LogP contribution in [0.5, 0.6) is 0 Å². The molecule has 4 heteroatoms. The standard InChI is InChI=1S/C16H20FNO2/c1-11(13-3-5-14(17)6-4-13)8-16(20)18-15-7-2-12(9-15)10-19/h2-7,11-12,15,19H,8-10H2,1H3,(H,18,20)/t11?,12-,15+/m0/s1. The molecule has 1 amide bonds. The summed E-state index contributed by atoms with van der Waals surface area (Å²) in [6, 6.07) is 6.26. The van der Waals surface area contributed by atoms with Gasteiger partial charge in [-0.1, -0.05) is 31.2 Å². The van der Waals surface area contributed by atoms with Crippen LogP contribution in [0.25, 0.3) is 0 Å². The van der Waals surface area contributed by atoms with Crippen molar-refractivity contribution in [2.45, 2.75) is 31.7 Å². The highest BCUT2D eigenvalue weighted by atomic mass is 19.1. The van der Waals surface area contributed by atoms with Crippen LogP contribution in [0.2, 0.25) is 0 Å². The molecule has 1 aliphatic rings. The third kappa shape index (κ3) is 3.90. The molecule has 0 aromatic heterocycles.